The molecule has 2 aliphatic carbocycles. The predicted octanol–water partition coefficient (Wildman–Crippen LogP) is 7.27. The van der Waals surface area contributed by atoms with Crippen LogP contribution in [-0.4, -0.2) is 11.9 Å². The van der Waals surface area contributed by atoms with Gasteiger partial charge in [-0.15, -0.1) is 0 Å². The van der Waals surface area contributed by atoms with Crippen LogP contribution in [0.25, 0.3) is 0 Å². The summed E-state index contributed by atoms with van der Waals surface area (Å²) in [6.45, 7) is 0.614. The molecule has 0 saturated heterocycles. The molecule has 1 aromatic carbocycles. The Balaban J connectivity index is 1.16. The maximum Gasteiger partial charge on any atom is 0.306 e. The normalized spacial score (nSPS) is 15.5. The Hall–Kier alpha value is -1.84. The van der Waals surface area contributed by atoms with E-state index in [4.69, 9.17) is 9.47 Å². The lowest BCUT2D eigenvalue weighted by Crippen LogP contribution is -2.05. The lowest BCUT2D eigenvalue weighted by atomic mass is 10.1. The second kappa shape index (κ2) is 14.3. The second-order valence-corrected chi connectivity index (χ2v) is 9.93. The molecule has 0 aliphatic heterocycles. The third-order valence-corrected chi connectivity index (χ3v) is 6.70. The van der Waals surface area contributed by atoms with E-state index in [2.05, 4.69) is 0 Å². The van der Waals surface area contributed by atoms with Crippen LogP contribution < -0.4 is 0 Å². The van der Waals surface area contributed by atoms with Crippen molar-refractivity contribution in [3.8, 4) is 0 Å². The van der Waals surface area contributed by atoms with E-state index in [1.807, 2.05) is 24.3 Å². The van der Waals surface area contributed by atoms with E-state index in [0.29, 0.717) is 26.1 Å². The molecule has 2 aliphatic rings. The van der Waals surface area contributed by atoms with Gasteiger partial charge in [-0.05, 0) is 35.8 Å². The van der Waals surface area contributed by atoms with E-state index in [0.717, 1.165) is 48.6 Å². The second-order valence-electron chi connectivity index (χ2n) is 9.93. The zero-order valence-corrected chi connectivity index (χ0v) is 19.8. The molecule has 0 radical (unpaired) electrons. The first kappa shape index (κ1) is 24.8. The lowest BCUT2D eigenvalue weighted by Gasteiger charge is -2.08. The van der Waals surface area contributed by atoms with Crippen LogP contribution in [0.2, 0.25) is 0 Å². The van der Waals surface area contributed by atoms with Crippen LogP contribution in [0.3, 0.4) is 0 Å². The van der Waals surface area contributed by atoms with Crippen LogP contribution in [0.5, 0.6) is 0 Å². The van der Waals surface area contributed by atoms with Gasteiger partial charge in [0.1, 0.15) is 13.2 Å². The SMILES string of the molecule is O=C(CCCCCCC1CC1)OCc1ccc(COC(=O)CCCCCCC2CC2)cc1. The summed E-state index contributed by atoms with van der Waals surface area (Å²) in [6.07, 6.45) is 18.7. The molecule has 178 valence electrons. The Morgan fingerprint density at radius 1 is 0.594 bits per heavy atom. The predicted molar refractivity (Wildman–Crippen MR) is 127 cm³/mol. The van der Waals surface area contributed by atoms with Crippen LogP contribution in [0, 0.1) is 11.8 Å². The van der Waals surface area contributed by atoms with Crippen molar-refractivity contribution in [2.75, 3.05) is 0 Å². The summed E-state index contributed by atoms with van der Waals surface area (Å²) in [5, 5.41) is 0. The molecule has 1 aromatic rings. The Kier molecular flexibility index (Phi) is 11.1. The van der Waals surface area contributed by atoms with Crippen LogP contribution in [-0.2, 0) is 32.3 Å². The van der Waals surface area contributed by atoms with E-state index < -0.39 is 0 Å². The Morgan fingerprint density at radius 2 is 0.969 bits per heavy atom. The molecule has 0 amide bonds. The molecule has 2 fully saturated rings. The zero-order valence-electron chi connectivity index (χ0n) is 19.8. The lowest BCUT2D eigenvalue weighted by molar-refractivity contribution is -0.146. The topological polar surface area (TPSA) is 52.6 Å². The largest absolute Gasteiger partial charge is 0.461 e. The van der Waals surface area contributed by atoms with Gasteiger partial charge in [0, 0.05) is 12.8 Å². The summed E-state index contributed by atoms with van der Waals surface area (Å²) < 4.78 is 10.8. The van der Waals surface area contributed by atoms with Crippen LogP contribution in [0.15, 0.2) is 24.3 Å². The highest BCUT2D eigenvalue weighted by molar-refractivity contribution is 5.69. The minimum absolute atomic E-state index is 0.113. The molecular formula is C28H42O4. The first-order chi connectivity index (χ1) is 15.7. The van der Waals surface area contributed by atoms with Gasteiger partial charge in [0.25, 0.3) is 0 Å². The van der Waals surface area contributed by atoms with Crippen LogP contribution >= 0.6 is 0 Å². The smallest absolute Gasteiger partial charge is 0.306 e. The van der Waals surface area contributed by atoms with Crippen molar-refractivity contribution >= 4 is 11.9 Å². The summed E-state index contributed by atoms with van der Waals surface area (Å²) in [7, 11) is 0. The first-order valence-corrected chi connectivity index (χ1v) is 13.1. The highest BCUT2D eigenvalue weighted by Gasteiger charge is 2.20. The zero-order chi connectivity index (χ0) is 22.4. The molecular weight excluding hydrogens is 400 g/mol. The number of carbonyl (C=O) groups is 2. The molecule has 32 heavy (non-hydrogen) atoms. The molecule has 0 spiro atoms. The van der Waals surface area contributed by atoms with Crippen molar-refractivity contribution in [2.24, 2.45) is 11.8 Å². The maximum absolute atomic E-state index is 11.9. The highest BCUT2D eigenvalue weighted by Crippen LogP contribution is 2.34. The Morgan fingerprint density at radius 3 is 1.34 bits per heavy atom. The fraction of sp³-hybridized carbons (Fsp3) is 0.714. The minimum Gasteiger partial charge on any atom is -0.461 e. The molecule has 4 nitrogen and oxygen atoms in total. The Bertz CT molecular complexity index is 614. The van der Waals surface area contributed by atoms with Crippen LogP contribution in [0.4, 0.5) is 0 Å². The number of rotatable bonds is 18. The number of benzene rings is 1. The van der Waals surface area contributed by atoms with E-state index in [1.54, 1.807) is 0 Å². The van der Waals surface area contributed by atoms with Crippen molar-refractivity contribution in [1.29, 1.82) is 0 Å². The van der Waals surface area contributed by atoms with Gasteiger partial charge in [-0.1, -0.05) is 101 Å². The van der Waals surface area contributed by atoms with E-state index in [-0.39, 0.29) is 11.9 Å². The number of ether oxygens (including phenoxy) is 2. The average molecular weight is 443 g/mol. The van der Waals surface area contributed by atoms with Crippen molar-refractivity contribution < 1.29 is 19.1 Å². The van der Waals surface area contributed by atoms with E-state index in [9.17, 15) is 9.59 Å². The van der Waals surface area contributed by atoms with Crippen molar-refractivity contribution in [3.63, 3.8) is 0 Å². The summed E-state index contributed by atoms with van der Waals surface area (Å²) >= 11 is 0. The van der Waals surface area contributed by atoms with Crippen molar-refractivity contribution in [1.82, 2.24) is 0 Å². The molecule has 0 unspecified atom stereocenters. The Labute approximate surface area is 194 Å². The fourth-order valence-electron chi connectivity index (χ4n) is 4.13. The van der Waals surface area contributed by atoms with Gasteiger partial charge in [0.15, 0.2) is 0 Å². The van der Waals surface area contributed by atoms with Gasteiger partial charge >= 0.3 is 11.9 Å². The number of hydrogen-bond acceptors (Lipinski definition) is 4. The fourth-order valence-corrected chi connectivity index (χ4v) is 4.13. The summed E-state index contributed by atoms with van der Waals surface area (Å²) in [5.74, 6) is 1.79. The molecule has 0 aromatic heterocycles. The summed E-state index contributed by atoms with van der Waals surface area (Å²) in [4.78, 5) is 23.8. The van der Waals surface area contributed by atoms with Gasteiger partial charge in [-0.3, -0.25) is 9.59 Å². The standard InChI is InChI=1S/C28H42O4/c29-27(11-7-3-1-5-9-23-13-14-23)31-21-25-17-19-26(20-18-25)22-32-28(30)12-8-4-2-6-10-24-15-16-24/h17-20,23-24H,1-16,21-22H2. The molecule has 2 saturated carbocycles. The molecule has 4 heteroatoms. The summed E-state index contributed by atoms with van der Waals surface area (Å²) in [6, 6.07) is 7.75. The first-order valence-electron chi connectivity index (χ1n) is 13.1. The van der Waals surface area contributed by atoms with Gasteiger partial charge in [0.2, 0.25) is 0 Å². The molecule has 0 heterocycles. The monoisotopic (exact) mass is 442 g/mol. The summed E-state index contributed by atoms with van der Waals surface area (Å²) in [5.41, 5.74) is 1.92. The number of carbonyl (C=O) groups excluding carboxylic acids is 2. The van der Waals surface area contributed by atoms with Crippen molar-refractivity contribution in [2.45, 2.75) is 116 Å². The van der Waals surface area contributed by atoms with Gasteiger partial charge in [-0.25, -0.2) is 0 Å². The number of unbranched alkanes of at least 4 members (excludes halogenated alkanes) is 6. The third kappa shape index (κ3) is 11.7. The third-order valence-electron chi connectivity index (χ3n) is 6.70. The highest BCUT2D eigenvalue weighted by atomic mass is 16.5. The molecule has 0 N–H and O–H groups in total. The molecule has 0 bridgehead atoms. The molecule has 3 rings (SSSR count). The van der Waals surface area contributed by atoms with Gasteiger partial charge in [0.05, 0.1) is 0 Å². The average Bonchev–Trinajstić information content (AvgIpc) is 3.72. The van der Waals surface area contributed by atoms with Gasteiger partial charge in [-0.2, -0.15) is 0 Å². The molecule has 0 atom stereocenters. The van der Waals surface area contributed by atoms with Gasteiger partial charge < -0.3 is 9.47 Å². The van der Waals surface area contributed by atoms with E-state index in [1.165, 1.54) is 64.2 Å². The van der Waals surface area contributed by atoms with Crippen LogP contribution in [0.1, 0.15) is 114 Å². The number of hydrogen-bond donors (Lipinski definition) is 0. The van der Waals surface area contributed by atoms with E-state index >= 15 is 0 Å². The maximum atomic E-state index is 11.9. The number of esters is 2. The quantitative estimate of drug-likeness (QED) is 0.177. The minimum atomic E-state index is -0.113. The van der Waals surface area contributed by atoms with Crippen molar-refractivity contribution in [3.05, 3.63) is 35.4 Å².